The average molecular weight is 310 g/mol. The maximum Gasteiger partial charge on any atom is 0.0450 e. The van der Waals surface area contributed by atoms with E-state index in [0.29, 0.717) is 12.1 Å². The SMILES string of the molecule is CN1CCN2CC(c3ccc(Br)cc3)NCC2C1. The maximum absolute atomic E-state index is 3.69. The molecule has 2 heterocycles. The van der Waals surface area contributed by atoms with Gasteiger partial charge in [-0.25, -0.2) is 0 Å². The summed E-state index contributed by atoms with van der Waals surface area (Å²) in [4.78, 5) is 5.08. The minimum Gasteiger partial charge on any atom is -0.307 e. The lowest BCUT2D eigenvalue weighted by Crippen LogP contribution is -2.61. The molecule has 4 heteroatoms. The molecule has 2 atom stereocenters. The second kappa shape index (κ2) is 5.29. The maximum atomic E-state index is 3.69. The lowest BCUT2D eigenvalue weighted by atomic mass is 10.0. The van der Waals surface area contributed by atoms with Gasteiger partial charge in [0.2, 0.25) is 0 Å². The van der Waals surface area contributed by atoms with Gasteiger partial charge in [-0.15, -0.1) is 0 Å². The van der Waals surface area contributed by atoms with Crippen molar-refractivity contribution in [2.75, 3.05) is 39.8 Å². The Morgan fingerprint density at radius 3 is 2.72 bits per heavy atom. The van der Waals surface area contributed by atoms with Crippen molar-refractivity contribution < 1.29 is 0 Å². The molecule has 0 aromatic heterocycles. The Balaban J connectivity index is 1.68. The molecule has 0 radical (unpaired) electrons. The first-order chi connectivity index (χ1) is 8.72. The van der Waals surface area contributed by atoms with E-state index in [-0.39, 0.29) is 0 Å². The van der Waals surface area contributed by atoms with Crippen molar-refractivity contribution in [1.29, 1.82) is 0 Å². The Bertz CT molecular complexity index is 406. The molecule has 2 unspecified atom stereocenters. The molecule has 2 aliphatic rings. The number of halogens is 1. The predicted molar refractivity (Wildman–Crippen MR) is 77.7 cm³/mol. The van der Waals surface area contributed by atoms with Crippen molar-refractivity contribution in [2.45, 2.75) is 12.1 Å². The van der Waals surface area contributed by atoms with Crippen molar-refractivity contribution in [1.82, 2.24) is 15.1 Å². The molecule has 0 saturated carbocycles. The van der Waals surface area contributed by atoms with Gasteiger partial charge in [-0.05, 0) is 24.7 Å². The molecule has 3 nitrogen and oxygen atoms in total. The van der Waals surface area contributed by atoms with E-state index >= 15 is 0 Å². The Morgan fingerprint density at radius 2 is 1.94 bits per heavy atom. The second-order valence-corrected chi connectivity index (χ2v) is 6.34. The molecule has 0 bridgehead atoms. The van der Waals surface area contributed by atoms with Crippen LogP contribution in [0.1, 0.15) is 11.6 Å². The van der Waals surface area contributed by atoms with Crippen molar-refractivity contribution in [2.24, 2.45) is 0 Å². The number of fused-ring (bicyclic) bond motifs is 1. The molecule has 2 aliphatic heterocycles. The zero-order valence-corrected chi connectivity index (χ0v) is 12.4. The molecule has 1 aromatic carbocycles. The molecule has 1 aromatic rings. The molecule has 0 spiro atoms. The third-order valence-corrected chi connectivity index (χ3v) is 4.63. The van der Waals surface area contributed by atoms with Crippen LogP contribution in [0, 0.1) is 0 Å². The number of hydrogen-bond donors (Lipinski definition) is 1. The van der Waals surface area contributed by atoms with E-state index in [1.165, 1.54) is 25.2 Å². The van der Waals surface area contributed by atoms with Crippen molar-refractivity contribution >= 4 is 15.9 Å². The summed E-state index contributed by atoms with van der Waals surface area (Å²) in [6, 6.07) is 9.88. The van der Waals surface area contributed by atoms with Crippen LogP contribution in [0.4, 0.5) is 0 Å². The van der Waals surface area contributed by atoms with Crippen LogP contribution in [0.25, 0.3) is 0 Å². The van der Waals surface area contributed by atoms with Crippen LogP contribution >= 0.6 is 15.9 Å². The summed E-state index contributed by atoms with van der Waals surface area (Å²) in [5.74, 6) is 0. The number of nitrogens with zero attached hydrogens (tertiary/aromatic N) is 2. The topological polar surface area (TPSA) is 18.5 Å². The first-order valence-electron chi connectivity index (χ1n) is 6.64. The van der Waals surface area contributed by atoms with Gasteiger partial charge in [0.1, 0.15) is 0 Å². The molecule has 1 N–H and O–H groups in total. The van der Waals surface area contributed by atoms with Gasteiger partial charge in [0.05, 0.1) is 0 Å². The fourth-order valence-electron chi connectivity index (χ4n) is 2.98. The smallest absolute Gasteiger partial charge is 0.0450 e. The summed E-state index contributed by atoms with van der Waals surface area (Å²) >= 11 is 3.50. The fourth-order valence-corrected chi connectivity index (χ4v) is 3.24. The molecule has 3 rings (SSSR count). The summed E-state index contributed by atoms with van der Waals surface area (Å²) in [5, 5.41) is 3.69. The normalized spacial score (nSPS) is 30.1. The quantitative estimate of drug-likeness (QED) is 0.852. The highest BCUT2D eigenvalue weighted by Gasteiger charge is 2.31. The van der Waals surface area contributed by atoms with E-state index in [1.54, 1.807) is 0 Å². The highest BCUT2D eigenvalue weighted by molar-refractivity contribution is 9.10. The van der Waals surface area contributed by atoms with Gasteiger partial charge in [0.15, 0.2) is 0 Å². The van der Waals surface area contributed by atoms with Gasteiger partial charge in [-0.1, -0.05) is 28.1 Å². The zero-order valence-electron chi connectivity index (χ0n) is 10.8. The van der Waals surface area contributed by atoms with Crippen LogP contribution in [0.2, 0.25) is 0 Å². The number of benzene rings is 1. The van der Waals surface area contributed by atoms with Gasteiger partial charge >= 0.3 is 0 Å². The van der Waals surface area contributed by atoms with Crippen molar-refractivity contribution in [3.8, 4) is 0 Å². The average Bonchev–Trinajstić information content (AvgIpc) is 2.39. The van der Waals surface area contributed by atoms with Gasteiger partial charge in [0.25, 0.3) is 0 Å². The molecular weight excluding hydrogens is 290 g/mol. The standard InChI is InChI=1S/C14H20BrN3/c1-17-6-7-18-10-14(16-8-13(18)9-17)11-2-4-12(15)5-3-11/h2-5,13-14,16H,6-10H2,1H3. The second-order valence-electron chi connectivity index (χ2n) is 5.42. The predicted octanol–water partition coefficient (Wildman–Crippen LogP) is 1.71. The summed E-state index contributed by atoms with van der Waals surface area (Å²) in [5.41, 5.74) is 1.40. The number of rotatable bonds is 1. The summed E-state index contributed by atoms with van der Waals surface area (Å²) in [6.07, 6.45) is 0. The van der Waals surface area contributed by atoms with Crippen LogP contribution in [-0.2, 0) is 0 Å². The monoisotopic (exact) mass is 309 g/mol. The van der Waals surface area contributed by atoms with E-state index in [9.17, 15) is 0 Å². The van der Waals surface area contributed by atoms with Crippen LogP contribution in [-0.4, -0.2) is 55.6 Å². The molecular formula is C14H20BrN3. The Labute approximate surface area is 117 Å². The van der Waals surface area contributed by atoms with E-state index in [1.807, 2.05) is 0 Å². The number of piperazine rings is 2. The summed E-state index contributed by atoms with van der Waals surface area (Å²) in [6.45, 7) is 5.84. The van der Waals surface area contributed by atoms with Gasteiger partial charge in [-0.2, -0.15) is 0 Å². The largest absolute Gasteiger partial charge is 0.307 e. The molecule has 2 fully saturated rings. The van der Waals surface area contributed by atoms with Crippen molar-refractivity contribution in [3.05, 3.63) is 34.3 Å². The lowest BCUT2D eigenvalue weighted by Gasteiger charge is -2.46. The summed E-state index contributed by atoms with van der Waals surface area (Å²) in [7, 11) is 2.22. The minimum absolute atomic E-state index is 0.484. The zero-order chi connectivity index (χ0) is 12.5. The van der Waals surface area contributed by atoms with E-state index in [0.717, 1.165) is 17.6 Å². The highest BCUT2D eigenvalue weighted by atomic mass is 79.9. The molecule has 2 saturated heterocycles. The fraction of sp³-hybridized carbons (Fsp3) is 0.571. The Kier molecular flexibility index (Phi) is 3.71. The molecule has 98 valence electrons. The molecule has 0 amide bonds. The molecule has 18 heavy (non-hydrogen) atoms. The highest BCUT2D eigenvalue weighted by Crippen LogP contribution is 2.23. The van der Waals surface area contributed by atoms with E-state index < -0.39 is 0 Å². The molecule has 0 aliphatic carbocycles. The van der Waals surface area contributed by atoms with E-state index in [4.69, 9.17) is 0 Å². The van der Waals surface area contributed by atoms with Crippen LogP contribution in [0.15, 0.2) is 28.7 Å². The van der Waals surface area contributed by atoms with Crippen LogP contribution in [0.3, 0.4) is 0 Å². The first kappa shape index (κ1) is 12.6. The Hall–Kier alpha value is -0.420. The first-order valence-corrected chi connectivity index (χ1v) is 7.43. The van der Waals surface area contributed by atoms with Crippen LogP contribution < -0.4 is 5.32 Å². The number of nitrogens with one attached hydrogen (secondary N) is 1. The minimum atomic E-state index is 0.484. The summed E-state index contributed by atoms with van der Waals surface area (Å²) < 4.78 is 1.15. The Morgan fingerprint density at radius 1 is 1.17 bits per heavy atom. The van der Waals surface area contributed by atoms with E-state index in [2.05, 4.69) is 62.4 Å². The number of hydrogen-bond acceptors (Lipinski definition) is 3. The third-order valence-electron chi connectivity index (χ3n) is 4.10. The van der Waals surface area contributed by atoms with Crippen molar-refractivity contribution in [3.63, 3.8) is 0 Å². The van der Waals surface area contributed by atoms with Gasteiger partial charge in [0, 0.05) is 49.3 Å². The number of likely N-dealkylation sites (N-methyl/N-ethyl adjacent to an activating group) is 1. The lowest BCUT2D eigenvalue weighted by molar-refractivity contribution is 0.0538. The van der Waals surface area contributed by atoms with Crippen LogP contribution in [0.5, 0.6) is 0 Å². The van der Waals surface area contributed by atoms with Gasteiger partial charge < -0.3 is 10.2 Å². The van der Waals surface area contributed by atoms with Gasteiger partial charge in [-0.3, -0.25) is 4.90 Å². The third kappa shape index (κ3) is 2.62.